The van der Waals surface area contributed by atoms with Crippen LogP contribution in [0.15, 0.2) is 24.3 Å². The van der Waals surface area contributed by atoms with Crippen LogP contribution in [-0.4, -0.2) is 12.6 Å². The van der Waals surface area contributed by atoms with Gasteiger partial charge in [-0.3, -0.25) is 0 Å². The molecule has 0 bridgehead atoms. The van der Waals surface area contributed by atoms with Crippen LogP contribution in [-0.2, 0) is 0 Å². The van der Waals surface area contributed by atoms with Crippen LogP contribution in [0, 0.1) is 12.8 Å². The predicted octanol–water partition coefficient (Wildman–Crippen LogP) is 2.89. The maximum Gasteiger partial charge on any atom is 0.119 e. The van der Waals surface area contributed by atoms with E-state index in [1.807, 2.05) is 12.1 Å². The molecule has 2 rings (SSSR count). The van der Waals surface area contributed by atoms with Gasteiger partial charge in [0.05, 0.1) is 6.61 Å². The minimum absolute atomic E-state index is 0.332. The SMILES string of the molecule is Cc1cccc(OCCC(N)C2CCC2)c1. The Labute approximate surface area is 97.8 Å². The largest absolute Gasteiger partial charge is 0.494 e. The monoisotopic (exact) mass is 219 g/mol. The van der Waals surface area contributed by atoms with Gasteiger partial charge in [0.15, 0.2) is 0 Å². The van der Waals surface area contributed by atoms with E-state index in [1.165, 1.54) is 24.8 Å². The van der Waals surface area contributed by atoms with Crippen molar-refractivity contribution in [2.75, 3.05) is 6.61 Å². The summed E-state index contributed by atoms with van der Waals surface area (Å²) in [7, 11) is 0. The minimum atomic E-state index is 0.332. The Morgan fingerprint density at radius 2 is 2.25 bits per heavy atom. The van der Waals surface area contributed by atoms with Crippen molar-refractivity contribution in [3.63, 3.8) is 0 Å². The molecule has 0 heterocycles. The Kier molecular flexibility index (Phi) is 3.83. The smallest absolute Gasteiger partial charge is 0.119 e. The lowest BCUT2D eigenvalue weighted by molar-refractivity contribution is 0.217. The molecule has 2 nitrogen and oxygen atoms in total. The molecule has 2 N–H and O–H groups in total. The van der Waals surface area contributed by atoms with Gasteiger partial charge in [-0.1, -0.05) is 18.6 Å². The Bertz CT molecular complexity index is 333. The summed E-state index contributed by atoms with van der Waals surface area (Å²) in [6, 6.07) is 8.50. The van der Waals surface area contributed by atoms with Crippen LogP contribution in [0.2, 0.25) is 0 Å². The van der Waals surface area contributed by atoms with Crippen LogP contribution in [0.25, 0.3) is 0 Å². The van der Waals surface area contributed by atoms with Gasteiger partial charge < -0.3 is 10.5 Å². The summed E-state index contributed by atoms with van der Waals surface area (Å²) in [4.78, 5) is 0. The molecule has 1 aliphatic rings. The van der Waals surface area contributed by atoms with Crippen LogP contribution in [0.4, 0.5) is 0 Å². The number of nitrogens with two attached hydrogens (primary N) is 1. The molecule has 1 fully saturated rings. The average molecular weight is 219 g/mol. The Morgan fingerprint density at radius 1 is 1.44 bits per heavy atom. The number of hydrogen-bond donors (Lipinski definition) is 1. The highest BCUT2D eigenvalue weighted by molar-refractivity contribution is 5.27. The van der Waals surface area contributed by atoms with E-state index in [4.69, 9.17) is 10.5 Å². The fourth-order valence-electron chi connectivity index (χ4n) is 2.12. The topological polar surface area (TPSA) is 35.2 Å². The summed E-state index contributed by atoms with van der Waals surface area (Å²) in [5.74, 6) is 1.71. The third-order valence-electron chi connectivity index (χ3n) is 3.46. The summed E-state index contributed by atoms with van der Waals surface area (Å²) in [6.07, 6.45) is 4.95. The van der Waals surface area contributed by atoms with Crippen LogP contribution in [0.5, 0.6) is 5.75 Å². The molecule has 1 atom stereocenters. The van der Waals surface area contributed by atoms with Gasteiger partial charge in [0, 0.05) is 6.04 Å². The second kappa shape index (κ2) is 5.35. The van der Waals surface area contributed by atoms with E-state index in [2.05, 4.69) is 19.1 Å². The Hall–Kier alpha value is -1.02. The maximum absolute atomic E-state index is 6.09. The molecule has 1 unspecified atom stereocenters. The zero-order valence-electron chi connectivity index (χ0n) is 9.99. The average Bonchev–Trinajstić information content (AvgIpc) is 2.15. The van der Waals surface area contributed by atoms with Gasteiger partial charge in [-0.25, -0.2) is 0 Å². The van der Waals surface area contributed by atoms with Crippen molar-refractivity contribution >= 4 is 0 Å². The molecule has 0 aromatic heterocycles. The number of aryl methyl sites for hydroxylation is 1. The maximum atomic E-state index is 6.09. The Balaban J connectivity index is 1.71. The third kappa shape index (κ3) is 2.99. The summed E-state index contributed by atoms with van der Waals surface area (Å²) >= 11 is 0. The summed E-state index contributed by atoms with van der Waals surface area (Å²) < 4.78 is 5.70. The van der Waals surface area contributed by atoms with Crippen molar-refractivity contribution < 1.29 is 4.74 Å². The van der Waals surface area contributed by atoms with Gasteiger partial charge in [-0.05, 0) is 49.8 Å². The number of hydrogen-bond acceptors (Lipinski definition) is 2. The van der Waals surface area contributed by atoms with Gasteiger partial charge >= 0.3 is 0 Å². The highest BCUT2D eigenvalue weighted by atomic mass is 16.5. The molecule has 88 valence electrons. The molecule has 0 spiro atoms. The second-order valence-corrected chi connectivity index (χ2v) is 4.81. The van der Waals surface area contributed by atoms with Gasteiger partial charge in [0.2, 0.25) is 0 Å². The first kappa shape index (κ1) is 11.5. The van der Waals surface area contributed by atoms with E-state index in [1.54, 1.807) is 0 Å². The van der Waals surface area contributed by atoms with Gasteiger partial charge in [-0.2, -0.15) is 0 Å². The van der Waals surface area contributed by atoms with Crippen molar-refractivity contribution in [1.29, 1.82) is 0 Å². The molecule has 1 saturated carbocycles. The normalized spacial score (nSPS) is 17.9. The fraction of sp³-hybridized carbons (Fsp3) is 0.571. The van der Waals surface area contributed by atoms with Crippen LogP contribution in [0.3, 0.4) is 0 Å². The fourth-order valence-corrected chi connectivity index (χ4v) is 2.12. The molecule has 1 aromatic carbocycles. The Morgan fingerprint density at radius 3 is 2.88 bits per heavy atom. The zero-order chi connectivity index (χ0) is 11.4. The minimum Gasteiger partial charge on any atom is -0.494 e. The van der Waals surface area contributed by atoms with Crippen molar-refractivity contribution in [3.05, 3.63) is 29.8 Å². The standard InChI is InChI=1S/C14H21NO/c1-11-4-2-7-13(10-11)16-9-8-14(15)12-5-3-6-12/h2,4,7,10,12,14H,3,5-6,8-9,15H2,1H3. The van der Waals surface area contributed by atoms with Crippen molar-refractivity contribution in [2.45, 2.75) is 38.6 Å². The molecule has 0 amide bonds. The van der Waals surface area contributed by atoms with E-state index in [0.717, 1.165) is 24.7 Å². The summed E-state index contributed by atoms with van der Waals surface area (Å²) in [5.41, 5.74) is 7.33. The lowest BCUT2D eigenvalue weighted by Gasteiger charge is -2.31. The first-order valence-corrected chi connectivity index (χ1v) is 6.21. The van der Waals surface area contributed by atoms with E-state index in [0.29, 0.717) is 6.04 Å². The quantitative estimate of drug-likeness (QED) is 0.826. The van der Waals surface area contributed by atoms with E-state index in [-0.39, 0.29) is 0 Å². The predicted molar refractivity (Wildman–Crippen MR) is 66.6 cm³/mol. The van der Waals surface area contributed by atoms with Gasteiger partial charge in [-0.15, -0.1) is 0 Å². The van der Waals surface area contributed by atoms with Crippen LogP contribution >= 0.6 is 0 Å². The molecule has 0 saturated heterocycles. The molecule has 2 heteroatoms. The molecule has 0 radical (unpaired) electrons. The molecular formula is C14H21NO. The zero-order valence-corrected chi connectivity index (χ0v) is 9.99. The van der Waals surface area contributed by atoms with Gasteiger partial charge in [0.1, 0.15) is 5.75 Å². The van der Waals surface area contributed by atoms with Crippen molar-refractivity contribution in [2.24, 2.45) is 11.7 Å². The lowest BCUT2D eigenvalue weighted by atomic mass is 9.79. The highest BCUT2D eigenvalue weighted by Gasteiger charge is 2.23. The second-order valence-electron chi connectivity index (χ2n) is 4.81. The first-order valence-electron chi connectivity index (χ1n) is 6.21. The number of benzene rings is 1. The van der Waals surface area contributed by atoms with E-state index < -0.39 is 0 Å². The first-order chi connectivity index (χ1) is 7.75. The lowest BCUT2D eigenvalue weighted by Crippen LogP contribution is -2.35. The number of ether oxygens (including phenoxy) is 1. The van der Waals surface area contributed by atoms with Gasteiger partial charge in [0.25, 0.3) is 0 Å². The summed E-state index contributed by atoms with van der Waals surface area (Å²) in [6.45, 7) is 2.81. The van der Waals surface area contributed by atoms with Crippen LogP contribution in [0.1, 0.15) is 31.2 Å². The van der Waals surface area contributed by atoms with Crippen LogP contribution < -0.4 is 10.5 Å². The van der Waals surface area contributed by atoms with Crippen molar-refractivity contribution in [3.8, 4) is 5.75 Å². The molecule has 0 aliphatic heterocycles. The molecule has 16 heavy (non-hydrogen) atoms. The number of rotatable bonds is 5. The molecule has 1 aromatic rings. The third-order valence-corrected chi connectivity index (χ3v) is 3.46. The molecular weight excluding hydrogens is 198 g/mol. The molecule has 1 aliphatic carbocycles. The van der Waals surface area contributed by atoms with E-state index >= 15 is 0 Å². The van der Waals surface area contributed by atoms with Crippen molar-refractivity contribution in [1.82, 2.24) is 0 Å². The highest BCUT2D eigenvalue weighted by Crippen LogP contribution is 2.29. The summed E-state index contributed by atoms with van der Waals surface area (Å²) in [5, 5.41) is 0. The van der Waals surface area contributed by atoms with E-state index in [9.17, 15) is 0 Å².